The minimum absolute atomic E-state index is 0.0383. The molecule has 0 saturated carbocycles. The van der Waals surface area contributed by atoms with Gasteiger partial charge in [-0.25, -0.2) is 4.98 Å². The summed E-state index contributed by atoms with van der Waals surface area (Å²) in [5.41, 5.74) is 1.82. The summed E-state index contributed by atoms with van der Waals surface area (Å²) in [7, 11) is 1.91. The Morgan fingerprint density at radius 2 is 2.40 bits per heavy atom. The maximum Gasteiger partial charge on any atom is 0.226 e. The van der Waals surface area contributed by atoms with E-state index in [1.807, 2.05) is 33.2 Å². The molecule has 0 aliphatic rings. The molecule has 1 atom stereocenters. The van der Waals surface area contributed by atoms with Crippen molar-refractivity contribution in [2.24, 2.45) is 0 Å². The Labute approximate surface area is 127 Å². The molecule has 2 aromatic rings. The smallest absolute Gasteiger partial charge is 0.226 e. The molecule has 0 saturated heterocycles. The first-order chi connectivity index (χ1) is 9.60. The number of aromatic nitrogens is 2. The number of carbonyl (C=O) groups excluding carboxylic acids is 1. The van der Waals surface area contributed by atoms with Gasteiger partial charge in [-0.15, -0.1) is 0 Å². The number of thioether (sulfide) groups is 1. The monoisotopic (exact) mass is 305 g/mol. The van der Waals surface area contributed by atoms with Crippen molar-refractivity contribution in [2.45, 2.75) is 18.6 Å². The fourth-order valence-corrected chi connectivity index (χ4v) is 2.94. The molecule has 2 aromatic heterocycles. The maximum atomic E-state index is 11.9. The van der Waals surface area contributed by atoms with Crippen molar-refractivity contribution >= 4 is 47.4 Å². The van der Waals surface area contributed by atoms with E-state index in [1.165, 1.54) is 11.3 Å². The van der Waals surface area contributed by atoms with Gasteiger partial charge in [0, 0.05) is 35.2 Å². The van der Waals surface area contributed by atoms with Crippen molar-refractivity contribution in [3.05, 3.63) is 24.5 Å². The fraction of sp³-hybridized carbons (Fsp3) is 0.308. The molecule has 2 rings (SSSR count). The van der Waals surface area contributed by atoms with Crippen molar-refractivity contribution in [1.29, 1.82) is 0 Å². The lowest BCUT2D eigenvalue weighted by molar-refractivity contribution is -0.116. The number of nitrogens with zero attached hydrogens (tertiary/aromatic N) is 2. The largest absolute Gasteiger partial charge is 0.317 e. The van der Waals surface area contributed by atoms with Gasteiger partial charge in [-0.3, -0.25) is 9.78 Å². The SMILES string of the molecule is Bc1nc(-c2cccnc2)sc1NC(=O)CC(C)SC. The van der Waals surface area contributed by atoms with Gasteiger partial charge < -0.3 is 5.32 Å². The van der Waals surface area contributed by atoms with Gasteiger partial charge >= 0.3 is 0 Å². The van der Waals surface area contributed by atoms with Gasteiger partial charge in [0.1, 0.15) is 10.0 Å². The first-order valence-electron chi connectivity index (χ1n) is 6.30. The lowest BCUT2D eigenvalue weighted by Gasteiger charge is -2.07. The number of anilines is 1. The molecule has 1 amide bonds. The molecular weight excluding hydrogens is 289 g/mol. The second kappa shape index (κ2) is 6.90. The fourth-order valence-electron chi connectivity index (χ4n) is 1.65. The van der Waals surface area contributed by atoms with Crippen LogP contribution in [0.3, 0.4) is 0 Å². The number of carbonyl (C=O) groups is 1. The first kappa shape index (κ1) is 15.1. The first-order valence-corrected chi connectivity index (χ1v) is 8.41. The predicted octanol–water partition coefficient (Wildman–Crippen LogP) is 1.54. The molecule has 2 heterocycles. The van der Waals surface area contributed by atoms with E-state index in [1.54, 1.807) is 24.2 Å². The summed E-state index contributed by atoms with van der Waals surface area (Å²) in [4.78, 5) is 20.5. The van der Waals surface area contributed by atoms with Gasteiger partial charge in [-0.05, 0) is 18.4 Å². The second-order valence-electron chi connectivity index (χ2n) is 4.47. The number of amides is 1. The Morgan fingerprint density at radius 3 is 3.05 bits per heavy atom. The van der Waals surface area contributed by atoms with Crippen LogP contribution in [-0.4, -0.2) is 35.2 Å². The molecule has 20 heavy (non-hydrogen) atoms. The zero-order valence-electron chi connectivity index (χ0n) is 11.7. The number of thiazole rings is 1. The van der Waals surface area contributed by atoms with Gasteiger partial charge in [0.05, 0.1) is 0 Å². The number of nitrogens with one attached hydrogen (secondary N) is 1. The van der Waals surface area contributed by atoms with Crippen LogP contribution in [0.25, 0.3) is 10.6 Å². The van der Waals surface area contributed by atoms with E-state index in [0.29, 0.717) is 11.7 Å². The van der Waals surface area contributed by atoms with Gasteiger partial charge in [0.2, 0.25) is 5.91 Å². The topological polar surface area (TPSA) is 54.9 Å². The van der Waals surface area contributed by atoms with E-state index >= 15 is 0 Å². The Balaban J connectivity index is 2.10. The molecule has 0 aliphatic carbocycles. The van der Waals surface area contributed by atoms with E-state index in [9.17, 15) is 4.79 Å². The highest BCUT2D eigenvalue weighted by molar-refractivity contribution is 7.99. The zero-order valence-corrected chi connectivity index (χ0v) is 13.3. The van der Waals surface area contributed by atoms with E-state index < -0.39 is 0 Å². The summed E-state index contributed by atoms with van der Waals surface area (Å²) < 4.78 is 0. The Kier molecular flexibility index (Phi) is 5.20. The molecule has 0 bridgehead atoms. The van der Waals surface area contributed by atoms with Crippen molar-refractivity contribution < 1.29 is 4.79 Å². The quantitative estimate of drug-likeness (QED) is 0.852. The molecular formula is C13H16BN3OS2. The Hall–Kier alpha value is -1.34. The highest BCUT2D eigenvalue weighted by Crippen LogP contribution is 2.26. The molecule has 0 spiro atoms. The van der Waals surface area contributed by atoms with Crippen LogP contribution in [0.2, 0.25) is 0 Å². The van der Waals surface area contributed by atoms with Crippen LogP contribution >= 0.6 is 23.1 Å². The standard InChI is InChI=1S/C13H16BN3OS2/c1-8(19-2)6-10(18)16-13-11(14)17-12(20-13)9-4-3-5-15-7-9/h3-5,7-8H,6,14H2,1-2H3,(H,16,18). The summed E-state index contributed by atoms with van der Waals surface area (Å²) in [6.07, 6.45) is 6.03. The molecule has 1 unspecified atom stereocenters. The highest BCUT2D eigenvalue weighted by atomic mass is 32.2. The van der Waals surface area contributed by atoms with E-state index in [2.05, 4.69) is 15.3 Å². The number of hydrogen-bond acceptors (Lipinski definition) is 5. The number of hydrogen-bond donors (Lipinski definition) is 1. The average Bonchev–Trinajstić information content (AvgIpc) is 2.81. The summed E-state index contributed by atoms with van der Waals surface area (Å²) >= 11 is 3.17. The summed E-state index contributed by atoms with van der Waals surface area (Å²) in [6.45, 7) is 2.05. The van der Waals surface area contributed by atoms with Crippen LogP contribution in [0.1, 0.15) is 13.3 Å². The van der Waals surface area contributed by atoms with E-state index in [0.717, 1.165) is 21.2 Å². The zero-order chi connectivity index (χ0) is 14.5. The van der Waals surface area contributed by atoms with Crippen LogP contribution < -0.4 is 10.9 Å². The molecule has 104 valence electrons. The van der Waals surface area contributed by atoms with Crippen LogP contribution in [0.15, 0.2) is 24.5 Å². The third-order valence-electron chi connectivity index (χ3n) is 2.83. The molecule has 1 N–H and O–H groups in total. The van der Waals surface area contributed by atoms with E-state index in [-0.39, 0.29) is 5.91 Å². The molecule has 0 aromatic carbocycles. The molecule has 0 radical (unpaired) electrons. The van der Waals surface area contributed by atoms with Crippen LogP contribution in [0.4, 0.5) is 5.00 Å². The average molecular weight is 305 g/mol. The minimum atomic E-state index is 0.0383. The van der Waals surface area contributed by atoms with Crippen molar-refractivity contribution in [2.75, 3.05) is 11.6 Å². The van der Waals surface area contributed by atoms with Gasteiger partial charge in [-0.1, -0.05) is 18.3 Å². The predicted molar refractivity (Wildman–Crippen MR) is 89.7 cm³/mol. The second-order valence-corrected chi connectivity index (χ2v) is 6.75. The summed E-state index contributed by atoms with van der Waals surface area (Å²) in [5.74, 6) is 0.0383. The Morgan fingerprint density at radius 1 is 1.60 bits per heavy atom. The van der Waals surface area contributed by atoms with E-state index in [4.69, 9.17) is 0 Å². The molecule has 0 aliphatic heterocycles. The summed E-state index contributed by atoms with van der Waals surface area (Å²) in [6, 6.07) is 3.84. The van der Waals surface area contributed by atoms with Crippen LogP contribution in [-0.2, 0) is 4.79 Å². The molecule has 7 heteroatoms. The van der Waals surface area contributed by atoms with Gasteiger partial charge in [-0.2, -0.15) is 11.8 Å². The van der Waals surface area contributed by atoms with Gasteiger partial charge in [0.25, 0.3) is 0 Å². The van der Waals surface area contributed by atoms with Crippen molar-refractivity contribution in [1.82, 2.24) is 9.97 Å². The Bertz CT molecular complexity index is 589. The number of pyridine rings is 1. The highest BCUT2D eigenvalue weighted by Gasteiger charge is 2.13. The lowest BCUT2D eigenvalue weighted by Crippen LogP contribution is -2.19. The summed E-state index contributed by atoms with van der Waals surface area (Å²) in [5, 5.41) is 4.97. The minimum Gasteiger partial charge on any atom is -0.317 e. The van der Waals surface area contributed by atoms with Crippen molar-refractivity contribution in [3.63, 3.8) is 0 Å². The molecule has 4 nitrogen and oxygen atoms in total. The molecule has 0 fully saturated rings. The maximum absolute atomic E-state index is 11.9. The normalized spacial score (nSPS) is 12.1. The van der Waals surface area contributed by atoms with Crippen molar-refractivity contribution in [3.8, 4) is 10.6 Å². The van der Waals surface area contributed by atoms with Crippen LogP contribution in [0, 0.1) is 0 Å². The number of rotatable bonds is 5. The van der Waals surface area contributed by atoms with Gasteiger partial charge in [0.15, 0.2) is 7.85 Å². The van der Waals surface area contributed by atoms with Crippen LogP contribution in [0.5, 0.6) is 0 Å². The third-order valence-corrected chi connectivity index (χ3v) is 4.93. The lowest BCUT2D eigenvalue weighted by atomic mass is 10.1. The third kappa shape index (κ3) is 3.83.